The molecule has 6 rings (SSSR count). The fourth-order valence-corrected chi connectivity index (χ4v) is 10.5. The van der Waals surface area contributed by atoms with E-state index in [1.165, 1.54) is 0 Å². The number of anilines is 2. The highest BCUT2D eigenvalue weighted by Gasteiger charge is 2.65. The molecule has 10 heteroatoms. The van der Waals surface area contributed by atoms with Gasteiger partial charge >= 0.3 is 0 Å². The first-order chi connectivity index (χ1) is 20.5. The average molecular weight is 608 g/mol. The van der Waals surface area contributed by atoms with Crippen LogP contribution in [0.5, 0.6) is 0 Å². The third kappa shape index (κ3) is 5.21. The van der Waals surface area contributed by atoms with Crippen LogP contribution in [0.25, 0.3) is 0 Å². The number of ether oxygens (including phenoxy) is 1. The Bertz CT molecular complexity index is 1430. The number of fused-ring (bicyclic) bond motifs is 3. The normalized spacial score (nSPS) is 29.2. The molecule has 0 unspecified atom stereocenters. The van der Waals surface area contributed by atoms with Crippen LogP contribution in [0.3, 0.4) is 0 Å². The molecule has 43 heavy (non-hydrogen) atoms. The van der Waals surface area contributed by atoms with Crippen LogP contribution in [-0.4, -0.2) is 61.4 Å². The van der Waals surface area contributed by atoms with Crippen molar-refractivity contribution in [1.82, 2.24) is 4.90 Å². The minimum absolute atomic E-state index is 0.0616. The quantitative estimate of drug-likeness (QED) is 0.366. The standard InChI is InChI=1S/C33H42FN3O5Si/c1-21-31(43(2,3)34)28(18-30(40)37-19-23-11-8-7-10-22(23)16-25(37)20-38)42-33(21)26-17-24(13-14-27(26)35-32(33)41)36-15-9-5-4-6-12-29(36)39/h7-8,10-11,13-14,17,21,25,28,31,38H,4-6,9,12,15-16,18-20H2,1-3H3,(H,35,41)/t21-,25-,28+,31-,33+/m0/s1. The molecule has 1 spiro atoms. The molecule has 0 aromatic heterocycles. The van der Waals surface area contributed by atoms with Gasteiger partial charge in [-0.2, -0.15) is 0 Å². The Labute approximate surface area is 253 Å². The maximum atomic E-state index is 16.2. The van der Waals surface area contributed by atoms with Gasteiger partial charge in [0, 0.05) is 47.9 Å². The van der Waals surface area contributed by atoms with Crippen molar-refractivity contribution in [2.75, 3.05) is 23.4 Å². The Balaban J connectivity index is 1.33. The van der Waals surface area contributed by atoms with E-state index in [4.69, 9.17) is 4.74 Å². The summed E-state index contributed by atoms with van der Waals surface area (Å²) < 4.78 is 22.9. The summed E-state index contributed by atoms with van der Waals surface area (Å²) in [4.78, 5) is 44.2. The number of aliphatic hydroxyl groups is 1. The minimum Gasteiger partial charge on any atom is -0.394 e. The maximum absolute atomic E-state index is 16.2. The molecule has 0 bridgehead atoms. The van der Waals surface area contributed by atoms with E-state index < -0.39 is 31.6 Å². The largest absolute Gasteiger partial charge is 0.394 e. The van der Waals surface area contributed by atoms with Crippen LogP contribution in [0.2, 0.25) is 18.6 Å². The second-order valence-electron chi connectivity index (χ2n) is 13.2. The van der Waals surface area contributed by atoms with Crippen molar-refractivity contribution >= 4 is 37.5 Å². The van der Waals surface area contributed by atoms with Gasteiger partial charge in [-0.1, -0.05) is 44.0 Å². The zero-order chi connectivity index (χ0) is 30.5. The van der Waals surface area contributed by atoms with Crippen molar-refractivity contribution in [2.45, 2.75) is 94.8 Å². The number of benzene rings is 2. The summed E-state index contributed by atoms with van der Waals surface area (Å²) >= 11 is 0. The Hall–Kier alpha value is -3.08. The smallest absolute Gasteiger partial charge is 0.261 e. The average Bonchev–Trinajstić information content (AvgIpc) is 3.42. The van der Waals surface area contributed by atoms with E-state index in [1.54, 1.807) is 22.9 Å². The molecule has 230 valence electrons. The molecule has 0 saturated carbocycles. The maximum Gasteiger partial charge on any atom is 0.261 e. The predicted octanol–water partition coefficient (Wildman–Crippen LogP) is 5.05. The molecular weight excluding hydrogens is 565 g/mol. The van der Waals surface area contributed by atoms with Crippen LogP contribution >= 0.6 is 0 Å². The van der Waals surface area contributed by atoms with Gasteiger partial charge in [0.1, 0.15) is 0 Å². The van der Waals surface area contributed by atoms with Crippen molar-refractivity contribution in [2.24, 2.45) is 5.92 Å². The topological polar surface area (TPSA) is 99.2 Å². The lowest BCUT2D eigenvalue weighted by atomic mass is 9.82. The van der Waals surface area contributed by atoms with Crippen molar-refractivity contribution in [3.8, 4) is 0 Å². The number of nitrogens with zero attached hydrogens (tertiary/aromatic N) is 2. The van der Waals surface area contributed by atoms with E-state index in [0.717, 1.165) is 36.8 Å². The third-order valence-electron chi connectivity index (χ3n) is 10.1. The molecule has 2 aromatic carbocycles. The molecule has 2 saturated heterocycles. The van der Waals surface area contributed by atoms with Gasteiger partial charge in [-0.05, 0) is 61.7 Å². The van der Waals surface area contributed by atoms with Crippen LogP contribution < -0.4 is 10.2 Å². The van der Waals surface area contributed by atoms with Gasteiger partial charge in [-0.3, -0.25) is 14.4 Å². The molecule has 0 aliphatic carbocycles. The van der Waals surface area contributed by atoms with Gasteiger partial charge in [0.2, 0.25) is 20.2 Å². The highest BCUT2D eigenvalue weighted by Crippen LogP contribution is 2.59. The third-order valence-corrected chi connectivity index (χ3v) is 12.6. The predicted molar refractivity (Wildman–Crippen MR) is 165 cm³/mol. The van der Waals surface area contributed by atoms with Crippen molar-refractivity contribution in [3.05, 3.63) is 59.2 Å². The zero-order valence-electron chi connectivity index (χ0n) is 25.3. The summed E-state index contributed by atoms with van der Waals surface area (Å²) in [7, 11) is -3.45. The van der Waals surface area contributed by atoms with E-state index in [9.17, 15) is 19.5 Å². The van der Waals surface area contributed by atoms with E-state index in [1.807, 2.05) is 49.4 Å². The molecule has 5 atom stereocenters. The Morgan fingerprint density at radius 1 is 1.12 bits per heavy atom. The van der Waals surface area contributed by atoms with Crippen LogP contribution in [0.1, 0.15) is 62.1 Å². The molecule has 2 aromatic rings. The Morgan fingerprint density at radius 2 is 1.86 bits per heavy atom. The van der Waals surface area contributed by atoms with E-state index in [-0.39, 0.29) is 36.8 Å². The fraction of sp³-hybridized carbons (Fsp3) is 0.545. The molecule has 3 amide bonds. The van der Waals surface area contributed by atoms with Crippen molar-refractivity contribution in [1.29, 1.82) is 0 Å². The number of hydrogen-bond donors (Lipinski definition) is 2. The summed E-state index contributed by atoms with van der Waals surface area (Å²) in [6, 6.07) is 13.0. The number of aliphatic hydroxyl groups excluding tert-OH is 1. The van der Waals surface area contributed by atoms with Gasteiger partial charge in [0.25, 0.3) is 5.91 Å². The highest BCUT2D eigenvalue weighted by atomic mass is 28.4. The van der Waals surface area contributed by atoms with Gasteiger partial charge in [-0.15, -0.1) is 0 Å². The lowest BCUT2D eigenvalue weighted by molar-refractivity contribution is -0.149. The van der Waals surface area contributed by atoms with E-state index in [2.05, 4.69) is 5.32 Å². The molecule has 4 aliphatic rings. The number of hydrogen-bond acceptors (Lipinski definition) is 5. The molecule has 2 N–H and O–H groups in total. The summed E-state index contributed by atoms with van der Waals surface area (Å²) in [5.41, 5.74) is 1.97. The van der Waals surface area contributed by atoms with Gasteiger partial charge in [-0.25, -0.2) is 0 Å². The monoisotopic (exact) mass is 607 g/mol. The molecule has 2 fully saturated rings. The fourth-order valence-electron chi connectivity index (χ4n) is 7.99. The second kappa shape index (κ2) is 11.4. The van der Waals surface area contributed by atoms with Gasteiger partial charge in [0.05, 0.1) is 25.2 Å². The number of rotatable bonds is 5. The Morgan fingerprint density at radius 3 is 2.60 bits per heavy atom. The van der Waals surface area contributed by atoms with Crippen molar-refractivity contribution < 1.29 is 28.3 Å². The zero-order valence-corrected chi connectivity index (χ0v) is 26.3. The summed E-state index contributed by atoms with van der Waals surface area (Å²) in [6.45, 7) is 5.89. The lowest BCUT2D eigenvalue weighted by Gasteiger charge is -2.37. The highest BCUT2D eigenvalue weighted by molar-refractivity contribution is 6.72. The second-order valence-corrected chi connectivity index (χ2v) is 17.0. The van der Waals surface area contributed by atoms with Crippen LogP contribution in [0.4, 0.5) is 15.5 Å². The number of carbonyl (C=O) groups is 3. The SMILES string of the molecule is C[C@H]1[C@H]([Si](C)(C)F)[C@@H](CC(=O)N2Cc3ccccc3C[C@H]2CO)O[C@]12C(=O)Nc1ccc(N3CCCCCCC3=O)cc12. The molecule has 4 heterocycles. The molecule has 4 aliphatic heterocycles. The summed E-state index contributed by atoms with van der Waals surface area (Å²) in [5, 5.41) is 13.1. The Kier molecular flexibility index (Phi) is 7.98. The first kappa shape index (κ1) is 30.0. The molecule has 0 radical (unpaired) electrons. The minimum atomic E-state index is -3.45. The van der Waals surface area contributed by atoms with Crippen LogP contribution in [0.15, 0.2) is 42.5 Å². The lowest BCUT2D eigenvalue weighted by Crippen LogP contribution is -2.48. The summed E-state index contributed by atoms with van der Waals surface area (Å²) in [6.07, 6.45) is 4.01. The number of halogens is 1. The number of carbonyl (C=O) groups excluding carboxylic acids is 3. The number of amides is 3. The summed E-state index contributed by atoms with van der Waals surface area (Å²) in [5.74, 6) is -1.05. The van der Waals surface area contributed by atoms with Crippen LogP contribution in [-0.2, 0) is 37.7 Å². The first-order valence-electron chi connectivity index (χ1n) is 15.6. The van der Waals surface area contributed by atoms with Gasteiger partial charge < -0.3 is 29.1 Å². The van der Waals surface area contributed by atoms with Crippen molar-refractivity contribution in [3.63, 3.8) is 0 Å². The number of nitrogens with one attached hydrogen (secondary N) is 1. The molecular formula is C33H42FN3O5Si. The first-order valence-corrected chi connectivity index (χ1v) is 18.6. The van der Waals surface area contributed by atoms with E-state index >= 15 is 4.11 Å². The van der Waals surface area contributed by atoms with E-state index in [0.29, 0.717) is 42.9 Å². The molecule has 8 nitrogen and oxygen atoms in total. The van der Waals surface area contributed by atoms with Gasteiger partial charge in [0.15, 0.2) is 5.60 Å². The van der Waals surface area contributed by atoms with Crippen LogP contribution in [0, 0.1) is 5.92 Å².